The van der Waals surface area contributed by atoms with Gasteiger partial charge in [0.1, 0.15) is 23.5 Å². The molecule has 6 saturated carbocycles. The first-order chi connectivity index (χ1) is 26.1. The molecule has 0 unspecified atom stereocenters. The highest BCUT2D eigenvalue weighted by molar-refractivity contribution is 5.93. The monoisotopic (exact) mass is 784 g/mol. The lowest BCUT2D eigenvalue weighted by Gasteiger charge is -2.63. The molecular weight excluding hydrogens is 723 g/mol. The molecule has 8 aliphatic carbocycles. The van der Waals surface area contributed by atoms with Crippen molar-refractivity contribution in [2.24, 2.45) is 51.2 Å². The van der Waals surface area contributed by atoms with Gasteiger partial charge in [0.25, 0.3) is 0 Å². The minimum atomic E-state index is -1.91. The number of rotatable bonds is 5. The molecule has 0 aromatic rings. The van der Waals surface area contributed by atoms with E-state index in [1.54, 1.807) is 19.1 Å². The van der Waals surface area contributed by atoms with Gasteiger partial charge in [-0.15, -0.1) is 0 Å². The zero-order valence-electron chi connectivity index (χ0n) is 33.6. The molecule has 0 heterocycles. The molecule has 11 nitrogen and oxygen atoms in total. The van der Waals surface area contributed by atoms with Crippen LogP contribution >= 0.6 is 0 Å². The molecule has 0 saturated heterocycles. The van der Waals surface area contributed by atoms with E-state index in [9.17, 15) is 49.5 Å². The molecule has 0 aromatic heterocycles. The van der Waals surface area contributed by atoms with Crippen LogP contribution in [0.5, 0.6) is 0 Å². The predicted octanol–water partition coefficient (Wildman–Crippen LogP) is 4.23. The topological polar surface area (TPSA) is 196 Å². The van der Waals surface area contributed by atoms with Gasteiger partial charge in [0.15, 0.2) is 24.0 Å². The van der Waals surface area contributed by atoms with E-state index in [1.165, 1.54) is 12.5 Å². The molecule has 0 amide bonds. The van der Waals surface area contributed by atoms with Crippen molar-refractivity contribution in [3.63, 3.8) is 0 Å². The maximum absolute atomic E-state index is 16.9. The number of fused-ring (bicyclic) bond motifs is 10. The lowest BCUT2D eigenvalue weighted by Crippen LogP contribution is -2.69. The Morgan fingerprint density at radius 3 is 1.96 bits per heavy atom. The molecule has 6 fully saturated rings. The Labute approximate surface area is 328 Å². The number of carbonyl (C=O) groups excluding carboxylic acids is 5. The molecule has 12 heteroatoms. The molecule has 0 aromatic carbocycles. The Kier molecular flexibility index (Phi) is 10.2. The van der Waals surface area contributed by atoms with Crippen LogP contribution in [0, 0.1) is 51.2 Å². The summed E-state index contributed by atoms with van der Waals surface area (Å²) >= 11 is 0. The van der Waals surface area contributed by atoms with Crippen LogP contribution in [-0.2, 0) is 28.7 Å². The van der Waals surface area contributed by atoms with E-state index in [1.807, 2.05) is 13.8 Å². The van der Waals surface area contributed by atoms with E-state index >= 15 is 4.39 Å². The number of aliphatic hydroxyl groups is 5. The minimum absolute atomic E-state index is 0.00553. The molecule has 0 aliphatic heterocycles. The molecule has 310 valence electrons. The van der Waals surface area contributed by atoms with Crippen LogP contribution in [-0.4, -0.2) is 96.9 Å². The second kappa shape index (κ2) is 13.7. The number of halogens is 1. The first-order valence-corrected chi connectivity index (χ1v) is 20.9. The number of aliphatic hydroxyl groups excluding tert-OH is 3. The van der Waals surface area contributed by atoms with Crippen molar-refractivity contribution in [2.45, 2.75) is 154 Å². The van der Waals surface area contributed by atoms with Gasteiger partial charge in [-0.1, -0.05) is 38.8 Å². The van der Waals surface area contributed by atoms with E-state index in [2.05, 4.69) is 6.92 Å². The first-order valence-electron chi connectivity index (χ1n) is 20.9. The van der Waals surface area contributed by atoms with Gasteiger partial charge >= 0.3 is 5.97 Å². The van der Waals surface area contributed by atoms with Gasteiger partial charge in [-0.3, -0.25) is 24.0 Å². The predicted molar refractivity (Wildman–Crippen MR) is 200 cm³/mol. The van der Waals surface area contributed by atoms with Gasteiger partial charge in [-0.2, -0.15) is 0 Å². The first kappa shape index (κ1) is 41.5. The van der Waals surface area contributed by atoms with Crippen LogP contribution in [0.3, 0.4) is 0 Å². The summed E-state index contributed by atoms with van der Waals surface area (Å²) < 4.78 is 21.8. The summed E-state index contributed by atoms with van der Waals surface area (Å²) in [4.78, 5) is 60.2. The normalized spacial score (nSPS) is 48.9. The number of alkyl halides is 1. The molecule has 0 bridgehead atoms. The highest BCUT2D eigenvalue weighted by Crippen LogP contribution is 2.71. The number of hydrogen-bond acceptors (Lipinski definition) is 11. The fourth-order valence-corrected chi connectivity index (χ4v) is 14.6. The molecule has 5 N–H and O–H groups in total. The van der Waals surface area contributed by atoms with Crippen LogP contribution in [0.2, 0.25) is 0 Å². The quantitative estimate of drug-likeness (QED) is 0.251. The van der Waals surface area contributed by atoms with Crippen molar-refractivity contribution in [2.75, 3.05) is 13.2 Å². The number of esters is 1. The van der Waals surface area contributed by atoms with Crippen molar-refractivity contribution >= 4 is 29.1 Å². The molecule has 14 atom stereocenters. The van der Waals surface area contributed by atoms with Gasteiger partial charge in [0.05, 0.1) is 12.2 Å². The Bertz CT molecular complexity index is 1770. The molecule has 56 heavy (non-hydrogen) atoms. The van der Waals surface area contributed by atoms with E-state index in [4.69, 9.17) is 4.74 Å². The molecule has 8 aliphatic rings. The average Bonchev–Trinajstić information content (AvgIpc) is 3.57. The minimum Gasteiger partial charge on any atom is -0.458 e. The summed E-state index contributed by atoms with van der Waals surface area (Å²) in [5.41, 5.74) is -6.07. The number of ketones is 4. The van der Waals surface area contributed by atoms with Crippen molar-refractivity contribution in [1.82, 2.24) is 0 Å². The number of allylic oxidation sites excluding steroid dienone is 2. The van der Waals surface area contributed by atoms with Crippen molar-refractivity contribution < 1.29 is 58.6 Å². The SMILES string of the molecule is CC(=O)OCC(=O)[C@@]1(O)CC[C@H]2[C@@H]3CCC4=CC(=O)CC[C@]4(C)[C@@]3(F)[C@@H](O)C[C@@]21C.C[C@]12CCC(=O)C=C1CC[C@@H]1[C@@H]2[C@@H](O)C[C@@]2(C)[C@H]1CC[C@]2(O)C(=O)CO. The second-order valence-electron chi connectivity index (χ2n) is 19.8. The van der Waals surface area contributed by atoms with E-state index in [0.717, 1.165) is 31.3 Å². The Hall–Kier alpha value is -2.64. The fourth-order valence-electron chi connectivity index (χ4n) is 14.6. The van der Waals surface area contributed by atoms with Crippen LogP contribution in [0.4, 0.5) is 4.39 Å². The third-order valence-electron chi connectivity index (χ3n) is 17.7. The second-order valence-corrected chi connectivity index (χ2v) is 19.8. The van der Waals surface area contributed by atoms with Gasteiger partial charge in [0, 0.05) is 41.9 Å². The van der Waals surface area contributed by atoms with E-state index in [0.29, 0.717) is 44.9 Å². The molecule has 8 rings (SSSR count). The standard InChI is InChI=1S/C23H31FO6.C21H30O5/c1-13(25)30-12-19(28)22(29)9-7-16-17-5-4-14-10-15(26)6-8-20(14,2)23(17,24)18(27)11-21(16,22)3;1-19-7-5-13(23)9-12(19)3-4-14-15-6-8-21(26,17(25)11-22)20(15,2)10-16(24)18(14)19/h10,16-18,27,29H,4-9,11-12H2,1-3H3;9,14-16,18,22,24,26H,3-8,10-11H2,1-2H3/t16-,17-,18-,20-,21-,22-,23-;14-,15-,16-,18+,19-,20-,21-/m00/s1. The number of Topliss-reactive ketones (excluding diaryl/α,β-unsaturated/α-hetero) is 2. The van der Waals surface area contributed by atoms with Crippen molar-refractivity contribution in [3.8, 4) is 0 Å². The smallest absolute Gasteiger partial charge is 0.303 e. The summed E-state index contributed by atoms with van der Waals surface area (Å²) in [7, 11) is 0. The molecule has 0 spiro atoms. The zero-order chi connectivity index (χ0) is 41.0. The van der Waals surface area contributed by atoms with Gasteiger partial charge in [0.2, 0.25) is 5.78 Å². The largest absolute Gasteiger partial charge is 0.458 e. The van der Waals surface area contributed by atoms with E-state index < -0.39 is 82.0 Å². The summed E-state index contributed by atoms with van der Waals surface area (Å²) in [6.07, 6.45) is 8.18. The summed E-state index contributed by atoms with van der Waals surface area (Å²) in [6.45, 7) is 7.70. The summed E-state index contributed by atoms with van der Waals surface area (Å²) in [6, 6.07) is 0. The number of carbonyl (C=O) groups is 5. The third-order valence-corrected chi connectivity index (χ3v) is 17.7. The Morgan fingerprint density at radius 2 is 1.32 bits per heavy atom. The highest BCUT2D eigenvalue weighted by Gasteiger charge is 2.74. The van der Waals surface area contributed by atoms with Gasteiger partial charge in [-0.05, 0) is 118 Å². The fraction of sp³-hybridized carbons (Fsp3) is 0.795. The van der Waals surface area contributed by atoms with Gasteiger partial charge in [-0.25, -0.2) is 4.39 Å². The maximum Gasteiger partial charge on any atom is 0.303 e. The van der Waals surface area contributed by atoms with Crippen LogP contribution in [0.25, 0.3) is 0 Å². The van der Waals surface area contributed by atoms with Crippen LogP contribution in [0.15, 0.2) is 23.3 Å². The summed E-state index contributed by atoms with van der Waals surface area (Å²) in [5.74, 6) is -1.85. The molecule has 0 radical (unpaired) electrons. The maximum atomic E-state index is 16.9. The highest BCUT2D eigenvalue weighted by atomic mass is 19.1. The Morgan fingerprint density at radius 1 is 0.750 bits per heavy atom. The van der Waals surface area contributed by atoms with E-state index in [-0.39, 0.29) is 59.9 Å². The third kappa shape index (κ3) is 5.54. The average molecular weight is 785 g/mol. The van der Waals surface area contributed by atoms with Gasteiger partial charge < -0.3 is 30.3 Å². The Balaban J connectivity index is 0.000000173. The lowest BCUT2D eigenvalue weighted by atomic mass is 9.44. The molecular formula is C44H61FO11. The van der Waals surface area contributed by atoms with Crippen LogP contribution < -0.4 is 0 Å². The lowest BCUT2D eigenvalue weighted by molar-refractivity contribution is -0.227. The van der Waals surface area contributed by atoms with Crippen LogP contribution in [0.1, 0.15) is 125 Å². The zero-order valence-corrected chi connectivity index (χ0v) is 33.6. The van der Waals surface area contributed by atoms with Crippen molar-refractivity contribution in [3.05, 3.63) is 23.3 Å². The van der Waals surface area contributed by atoms with Crippen molar-refractivity contribution in [1.29, 1.82) is 0 Å². The summed E-state index contributed by atoms with van der Waals surface area (Å²) in [5, 5.41) is 54.3. The number of hydrogen-bond donors (Lipinski definition) is 5. The number of ether oxygens (including phenoxy) is 1.